The van der Waals surface area contributed by atoms with Crippen molar-refractivity contribution in [1.29, 1.82) is 0 Å². The number of aryl methyl sites for hydroxylation is 1. The molecule has 0 saturated heterocycles. The minimum atomic E-state index is -3.56. The molecular formula is C31H45N3O5S. The van der Waals surface area contributed by atoms with Crippen molar-refractivity contribution in [2.45, 2.75) is 90.8 Å². The largest absolute Gasteiger partial charge is 0.494 e. The molecule has 1 unspecified atom stereocenters. The Hall–Kier alpha value is -3.07. The van der Waals surface area contributed by atoms with Crippen LogP contribution in [0.15, 0.2) is 48.5 Å². The van der Waals surface area contributed by atoms with Gasteiger partial charge in [-0.25, -0.2) is 8.42 Å². The summed E-state index contributed by atoms with van der Waals surface area (Å²) in [5, 5.41) is 3.20. The molecule has 1 aliphatic carbocycles. The number of rotatable bonds is 14. The number of benzene rings is 2. The molecule has 0 aromatic heterocycles. The van der Waals surface area contributed by atoms with Crippen molar-refractivity contribution >= 4 is 27.5 Å². The molecule has 1 N–H and O–H groups in total. The summed E-state index contributed by atoms with van der Waals surface area (Å²) < 4.78 is 32.0. The van der Waals surface area contributed by atoms with Gasteiger partial charge < -0.3 is 15.0 Å². The minimum Gasteiger partial charge on any atom is -0.494 e. The van der Waals surface area contributed by atoms with Crippen LogP contribution in [0.5, 0.6) is 5.75 Å². The summed E-state index contributed by atoms with van der Waals surface area (Å²) in [5.41, 5.74) is 2.57. The third-order valence-electron chi connectivity index (χ3n) is 7.36. The Bertz CT molecular complexity index is 1210. The summed E-state index contributed by atoms with van der Waals surface area (Å²) in [6.07, 6.45) is 7.48. The number of amides is 2. The van der Waals surface area contributed by atoms with Gasteiger partial charge in [-0.3, -0.25) is 13.9 Å². The average molecular weight is 572 g/mol. The molecule has 8 nitrogen and oxygen atoms in total. The lowest BCUT2D eigenvalue weighted by atomic mass is 9.95. The zero-order valence-electron chi connectivity index (χ0n) is 24.4. The number of nitrogens with zero attached hydrogens (tertiary/aromatic N) is 2. The Kier molecular flexibility index (Phi) is 11.9. The maximum absolute atomic E-state index is 13.7. The van der Waals surface area contributed by atoms with Crippen molar-refractivity contribution in [3.8, 4) is 5.75 Å². The van der Waals surface area contributed by atoms with Crippen LogP contribution in [0.2, 0.25) is 0 Å². The molecule has 0 heterocycles. The van der Waals surface area contributed by atoms with Gasteiger partial charge in [-0.15, -0.1) is 0 Å². The normalized spacial score (nSPS) is 14.8. The Labute approximate surface area is 240 Å². The van der Waals surface area contributed by atoms with E-state index in [-0.39, 0.29) is 30.8 Å². The van der Waals surface area contributed by atoms with E-state index in [0.29, 0.717) is 37.4 Å². The summed E-state index contributed by atoms with van der Waals surface area (Å²) in [6, 6.07) is 14.4. The molecule has 0 spiro atoms. The maximum atomic E-state index is 13.7. The first kappa shape index (κ1) is 31.5. The Morgan fingerprint density at radius 2 is 1.75 bits per heavy atom. The zero-order valence-corrected chi connectivity index (χ0v) is 25.2. The highest BCUT2D eigenvalue weighted by Gasteiger charge is 2.30. The van der Waals surface area contributed by atoms with Gasteiger partial charge in [0.25, 0.3) is 0 Å². The molecule has 1 atom stereocenters. The van der Waals surface area contributed by atoms with Crippen LogP contribution in [0.1, 0.15) is 76.3 Å². The van der Waals surface area contributed by atoms with E-state index in [0.717, 1.165) is 43.1 Å². The first-order chi connectivity index (χ1) is 19.1. The average Bonchev–Trinajstić information content (AvgIpc) is 2.91. The molecule has 0 aliphatic heterocycles. The summed E-state index contributed by atoms with van der Waals surface area (Å²) >= 11 is 0. The summed E-state index contributed by atoms with van der Waals surface area (Å²) in [7, 11) is -3.56. The van der Waals surface area contributed by atoms with Gasteiger partial charge in [-0.1, -0.05) is 56.0 Å². The van der Waals surface area contributed by atoms with Gasteiger partial charge in [0.1, 0.15) is 11.8 Å². The Morgan fingerprint density at radius 1 is 1.05 bits per heavy atom. The van der Waals surface area contributed by atoms with Gasteiger partial charge in [0.2, 0.25) is 21.8 Å². The van der Waals surface area contributed by atoms with Gasteiger partial charge in [-0.05, 0) is 69.4 Å². The second-order valence-corrected chi connectivity index (χ2v) is 12.6. The standard InChI is InChI=1S/C31H45N3O5S/c1-5-29(31(36)32-26-14-8-7-9-15-26)33(23-25-13-10-12-24(3)22-25)30(35)16-11-21-34(40(4,37)38)27-17-19-28(20-18-27)39-6-2/h10,12-13,17-20,22,26,29H,5-9,11,14-16,21,23H2,1-4H3,(H,32,36). The van der Waals surface area contributed by atoms with Crippen molar-refractivity contribution in [3.05, 3.63) is 59.7 Å². The first-order valence-electron chi connectivity index (χ1n) is 14.5. The van der Waals surface area contributed by atoms with Crippen molar-refractivity contribution < 1.29 is 22.7 Å². The molecule has 1 fully saturated rings. The van der Waals surface area contributed by atoms with Gasteiger partial charge in [0.15, 0.2) is 0 Å². The fourth-order valence-electron chi connectivity index (χ4n) is 5.35. The predicted octanol–water partition coefficient (Wildman–Crippen LogP) is 5.20. The maximum Gasteiger partial charge on any atom is 0.243 e. The van der Waals surface area contributed by atoms with Gasteiger partial charge in [0, 0.05) is 25.6 Å². The molecule has 2 aromatic rings. The van der Waals surface area contributed by atoms with E-state index in [1.807, 2.05) is 45.0 Å². The van der Waals surface area contributed by atoms with Crippen molar-refractivity contribution in [3.63, 3.8) is 0 Å². The third-order valence-corrected chi connectivity index (χ3v) is 8.55. The van der Waals surface area contributed by atoms with E-state index >= 15 is 0 Å². The lowest BCUT2D eigenvalue weighted by Crippen LogP contribution is -2.51. The smallest absolute Gasteiger partial charge is 0.243 e. The highest BCUT2D eigenvalue weighted by molar-refractivity contribution is 7.92. The van der Waals surface area contributed by atoms with E-state index in [4.69, 9.17) is 4.74 Å². The fraction of sp³-hybridized carbons (Fsp3) is 0.548. The second kappa shape index (κ2) is 15.1. The quantitative estimate of drug-likeness (QED) is 0.336. The fourth-order valence-corrected chi connectivity index (χ4v) is 6.32. The Morgan fingerprint density at radius 3 is 2.35 bits per heavy atom. The first-order valence-corrected chi connectivity index (χ1v) is 16.3. The molecule has 2 amide bonds. The van der Waals surface area contributed by atoms with Crippen LogP contribution >= 0.6 is 0 Å². The molecule has 9 heteroatoms. The van der Waals surface area contributed by atoms with E-state index in [1.165, 1.54) is 10.7 Å². The molecular weight excluding hydrogens is 526 g/mol. The number of sulfonamides is 1. The van der Waals surface area contributed by atoms with Gasteiger partial charge in [-0.2, -0.15) is 0 Å². The number of nitrogens with one attached hydrogen (secondary N) is 1. The third kappa shape index (κ3) is 9.25. The van der Waals surface area contributed by atoms with E-state index < -0.39 is 16.1 Å². The molecule has 220 valence electrons. The minimum absolute atomic E-state index is 0.109. The van der Waals surface area contributed by atoms with Crippen molar-refractivity contribution in [2.24, 2.45) is 0 Å². The molecule has 1 aliphatic rings. The number of hydrogen-bond donors (Lipinski definition) is 1. The lowest BCUT2D eigenvalue weighted by Gasteiger charge is -2.33. The van der Waals surface area contributed by atoms with Crippen LogP contribution < -0.4 is 14.4 Å². The Balaban J connectivity index is 1.74. The topological polar surface area (TPSA) is 96.0 Å². The highest BCUT2D eigenvalue weighted by atomic mass is 32.2. The van der Waals surface area contributed by atoms with E-state index in [2.05, 4.69) is 5.32 Å². The van der Waals surface area contributed by atoms with Crippen LogP contribution in [-0.2, 0) is 26.2 Å². The SMILES string of the molecule is CCOc1ccc(N(CCCC(=O)N(Cc2cccc(C)c2)C(CC)C(=O)NC2CCCCC2)S(C)(=O)=O)cc1. The van der Waals surface area contributed by atoms with Crippen LogP contribution in [0.4, 0.5) is 5.69 Å². The number of carbonyl (C=O) groups excluding carboxylic acids is 2. The summed E-state index contributed by atoms with van der Waals surface area (Å²) in [4.78, 5) is 28.8. The molecule has 1 saturated carbocycles. The van der Waals surface area contributed by atoms with Gasteiger partial charge in [0.05, 0.1) is 18.6 Å². The number of anilines is 1. The molecule has 0 radical (unpaired) electrons. The summed E-state index contributed by atoms with van der Waals surface area (Å²) in [6.45, 7) is 6.82. The number of ether oxygens (including phenoxy) is 1. The van der Waals surface area contributed by atoms with Gasteiger partial charge >= 0.3 is 0 Å². The zero-order chi connectivity index (χ0) is 29.1. The molecule has 2 aromatic carbocycles. The van der Waals surface area contributed by atoms with E-state index in [1.54, 1.807) is 29.2 Å². The summed E-state index contributed by atoms with van der Waals surface area (Å²) in [5.74, 6) is 0.397. The van der Waals surface area contributed by atoms with Crippen molar-refractivity contribution in [1.82, 2.24) is 10.2 Å². The lowest BCUT2D eigenvalue weighted by molar-refractivity contribution is -0.141. The predicted molar refractivity (Wildman–Crippen MR) is 160 cm³/mol. The van der Waals surface area contributed by atoms with Crippen LogP contribution in [-0.4, -0.2) is 56.6 Å². The monoisotopic (exact) mass is 571 g/mol. The van der Waals surface area contributed by atoms with Crippen LogP contribution in [0, 0.1) is 6.92 Å². The number of hydrogen-bond acceptors (Lipinski definition) is 5. The number of carbonyl (C=O) groups is 2. The van der Waals surface area contributed by atoms with Crippen LogP contribution in [0.25, 0.3) is 0 Å². The molecule has 0 bridgehead atoms. The van der Waals surface area contributed by atoms with Crippen LogP contribution in [0.3, 0.4) is 0 Å². The molecule has 40 heavy (non-hydrogen) atoms. The second-order valence-electron chi connectivity index (χ2n) is 10.6. The van der Waals surface area contributed by atoms with E-state index in [9.17, 15) is 18.0 Å². The highest BCUT2D eigenvalue weighted by Crippen LogP contribution is 2.23. The molecule has 3 rings (SSSR count). The van der Waals surface area contributed by atoms with Crippen molar-refractivity contribution in [2.75, 3.05) is 23.7 Å².